The predicted octanol–water partition coefficient (Wildman–Crippen LogP) is 5.19. The fraction of sp³-hybridized carbons (Fsp3) is 0.125. The van der Waals surface area contributed by atoms with Crippen LogP contribution in [0.1, 0.15) is 22.5 Å². The molecule has 0 bridgehead atoms. The van der Waals surface area contributed by atoms with Crippen LogP contribution in [0.5, 0.6) is 0 Å². The van der Waals surface area contributed by atoms with Gasteiger partial charge in [0.05, 0.1) is 5.69 Å². The van der Waals surface area contributed by atoms with Crippen LogP contribution in [-0.2, 0) is 9.59 Å². The molecule has 1 aliphatic heterocycles. The van der Waals surface area contributed by atoms with Crippen LogP contribution in [-0.4, -0.2) is 16.9 Å². The molecule has 3 aromatic rings. The van der Waals surface area contributed by atoms with Crippen molar-refractivity contribution < 1.29 is 14.0 Å². The van der Waals surface area contributed by atoms with Gasteiger partial charge in [-0.1, -0.05) is 35.5 Å². The number of amides is 2. The average molecular weight is 449 g/mol. The summed E-state index contributed by atoms with van der Waals surface area (Å²) in [4.78, 5) is 28.0. The fourth-order valence-electron chi connectivity index (χ4n) is 3.09. The van der Waals surface area contributed by atoms with Gasteiger partial charge in [-0.25, -0.2) is 0 Å². The minimum atomic E-state index is -0.542. The predicted molar refractivity (Wildman–Crippen MR) is 126 cm³/mol. The second-order valence-corrected chi connectivity index (χ2v) is 8.76. The Morgan fingerprint density at radius 1 is 0.968 bits per heavy atom. The molecule has 0 atom stereocenters. The molecule has 1 fully saturated rings. The maximum atomic E-state index is 13.1. The Balaban J connectivity index is 1.60. The number of carbonyl (C=O) groups excluding carboxylic acids is 2. The maximum Gasteiger partial charge on any atom is 0.270 e. The lowest BCUT2D eigenvalue weighted by Crippen LogP contribution is -2.54. The molecule has 0 aliphatic carbocycles. The van der Waals surface area contributed by atoms with E-state index in [1.165, 1.54) is 28.3 Å². The number of anilines is 1. The van der Waals surface area contributed by atoms with Crippen molar-refractivity contribution >= 4 is 52.7 Å². The third-order valence-corrected chi connectivity index (χ3v) is 6.19. The molecule has 1 saturated heterocycles. The first-order chi connectivity index (χ1) is 14.8. The van der Waals surface area contributed by atoms with E-state index >= 15 is 0 Å². The quantitative estimate of drug-likeness (QED) is 0.338. The summed E-state index contributed by atoms with van der Waals surface area (Å²) in [6.45, 7) is 5.98. The van der Waals surface area contributed by atoms with Crippen molar-refractivity contribution in [2.45, 2.75) is 30.8 Å². The summed E-state index contributed by atoms with van der Waals surface area (Å²) in [5.74, 6) is -0.610. The van der Waals surface area contributed by atoms with Gasteiger partial charge in [-0.2, -0.15) is 0 Å². The SMILES string of the molecule is Cc1ccc(Sc2ccc(/C=C3\C(=O)NC(=S)N(c4ccc(C)c(C)c4)C3=O)o2)cc1. The number of nitrogens with one attached hydrogen (secondary N) is 1. The number of aryl methyl sites for hydroxylation is 3. The third kappa shape index (κ3) is 4.47. The van der Waals surface area contributed by atoms with Gasteiger partial charge in [0, 0.05) is 4.90 Å². The van der Waals surface area contributed by atoms with Crippen LogP contribution >= 0.6 is 24.0 Å². The number of carbonyl (C=O) groups is 2. The Kier molecular flexibility index (Phi) is 5.80. The first kappa shape index (κ1) is 21.1. The van der Waals surface area contributed by atoms with E-state index in [0.717, 1.165) is 16.0 Å². The molecular weight excluding hydrogens is 428 g/mol. The van der Waals surface area contributed by atoms with Crippen molar-refractivity contribution in [3.63, 3.8) is 0 Å². The molecule has 1 aromatic heterocycles. The van der Waals surface area contributed by atoms with Crippen LogP contribution in [0.3, 0.4) is 0 Å². The number of hydrogen-bond donors (Lipinski definition) is 1. The Hall–Kier alpha value is -3.16. The highest BCUT2D eigenvalue weighted by Gasteiger charge is 2.34. The molecule has 5 nitrogen and oxygen atoms in total. The molecule has 31 heavy (non-hydrogen) atoms. The smallest absolute Gasteiger partial charge is 0.270 e. The van der Waals surface area contributed by atoms with Crippen molar-refractivity contribution in [2.24, 2.45) is 0 Å². The van der Waals surface area contributed by atoms with Gasteiger partial charge in [-0.05, 0) is 86.6 Å². The summed E-state index contributed by atoms with van der Waals surface area (Å²) in [5.41, 5.74) is 3.89. The number of thiocarbonyl (C=S) groups is 1. The van der Waals surface area contributed by atoms with E-state index in [-0.39, 0.29) is 10.7 Å². The van der Waals surface area contributed by atoms with E-state index in [2.05, 4.69) is 5.32 Å². The number of nitrogens with zero attached hydrogens (tertiary/aromatic N) is 1. The summed E-state index contributed by atoms with van der Waals surface area (Å²) >= 11 is 6.73. The van der Waals surface area contributed by atoms with Crippen LogP contribution in [0.25, 0.3) is 6.08 Å². The Labute approximate surface area is 190 Å². The highest BCUT2D eigenvalue weighted by atomic mass is 32.2. The molecule has 1 aliphatic rings. The molecule has 1 N–H and O–H groups in total. The van der Waals surface area contributed by atoms with Crippen molar-refractivity contribution in [1.29, 1.82) is 0 Å². The summed E-state index contributed by atoms with van der Waals surface area (Å²) in [6, 6.07) is 17.2. The lowest BCUT2D eigenvalue weighted by atomic mass is 10.1. The molecule has 156 valence electrons. The molecular formula is C24H20N2O3S2. The maximum absolute atomic E-state index is 13.1. The zero-order valence-electron chi connectivity index (χ0n) is 17.3. The van der Waals surface area contributed by atoms with Crippen molar-refractivity contribution in [3.05, 3.63) is 82.6 Å². The first-order valence-corrected chi connectivity index (χ1v) is 10.9. The second-order valence-electron chi connectivity index (χ2n) is 7.30. The van der Waals surface area contributed by atoms with Crippen LogP contribution in [0.15, 0.2) is 74.6 Å². The Morgan fingerprint density at radius 2 is 1.71 bits per heavy atom. The minimum absolute atomic E-state index is 0.0342. The van der Waals surface area contributed by atoms with Crippen molar-refractivity contribution in [2.75, 3.05) is 4.90 Å². The summed E-state index contributed by atoms with van der Waals surface area (Å²) in [6.07, 6.45) is 1.45. The molecule has 0 unspecified atom stereocenters. The molecule has 7 heteroatoms. The normalized spacial score (nSPS) is 15.5. The summed E-state index contributed by atoms with van der Waals surface area (Å²) in [7, 11) is 0. The van der Waals surface area contributed by atoms with Gasteiger partial charge in [0.15, 0.2) is 10.2 Å². The van der Waals surface area contributed by atoms with E-state index in [0.29, 0.717) is 16.5 Å². The standard InChI is InChI=1S/C24H20N2O3S2/c1-14-4-9-19(10-5-14)31-21-11-8-18(29-21)13-20-22(27)25-24(30)26(23(20)28)17-7-6-15(2)16(3)12-17/h4-13H,1-3H3,(H,25,27,30)/b20-13+. The van der Waals surface area contributed by atoms with E-state index in [9.17, 15) is 9.59 Å². The number of hydrogen-bond acceptors (Lipinski definition) is 5. The third-order valence-electron chi connectivity index (χ3n) is 4.98. The zero-order chi connectivity index (χ0) is 22.1. The molecule has 4 rings (SSSR count). The van der Waals surface area contributed by atoms with Crippen LogP contribution in [0.2, 0.25) is 0 Å². The zero-order valence-corrected chi connectivity index (χ0v) is 18.9. The van der Waals surface area contributed by atoms with Gasteiger partial charge in [-0.3, -0.25) is 19.8 Å². The lowest BCUT2D eigenvalue weighted by Gasteiger charge is -2.29. The van der Waals surface area contributed by atoms with Crippen LogP contribution < -0.4 is 10.2 Å². The van der Waals surface area contributed by atoms with Gasteiger partial charge >= 0.3 is 0 Å². The van der Waals surface area contributed by atoms with Gasteiger partial charge in [0.25, 0.3) is 11.8 Å². The molecule has 2 aromatic carbocycles. The average Bonchev–Trinajstić information content (AvgIpc) is 3.16. The van der Waals surface area contributed by atoms with Crippen LogP contribution in [0, 0.1) is 20.8 Å². The highest BCUT2D eigenvalue weighted by molar-refractivity contribution is 7.99. The number of benzene rings is 2. The van der Waals surface area contributed by atoms with E-state index in [1.54, 1.807) is 6.07 Å². The van der Waals surface area contributed by atoms with E-state index in [4.69, 9.17) is 16.6 Å². The van der Waals surface area contributed by atoms with E-state index < -0.39 is 11.8 Å². The lowest BCUT2D eigenvalue weighted by molar-refractivity contribution is -0.122. The first-order valence-electron chi connectivity index (χ1n) is 9.65. The molecule has 0 saturated carbocycles. The summed E-state index contributed by atoms with van der Waals surface area (Å²) in [5, 5.41) is 3.33. The summed E-state index contributed by atoms with van der Waals surface area (Å²) < 4.78 is 5.82. The van der Waals surface area contributed by atoms with Crippen molar-refractivity contribution in [3.8, 4) is 0 Å². The molecule has 2 heterocycles. The molecule has 0 radical (unpaired) electrons. The monoisotopic (exact) mass is 448 g/mol. The van der Waals surface area contributed by atoms with Gasteiger partial charge in [0.2, 0.25) is 0 Å². The minimum Gasteiger partial charge on any atom is -0.450 e. The topological polar surface area (TPSA) is 62.6 Å². The largest absolute Gasteiger partial charge is 0.450 e. The highest BCUT2D eigenvalue weighted by Crippen LogP contribution is 2.31. The molecule has 0 spiro atoms. The Bertz CT molecular complexity index is 1230. The van der Waals surface area contributed by atoms with Gasteiger partial charge in [0.1, 0.15) is 11.3 Å². The number of furan rings is 1. The fourth-order valence-corrected chi connectivity index (χ4v) is 4.15. The van der Waals surface area contributed by atoms with Crippen LogP contribution in [0.4, 0.5) is 5.69 Å². The second kappa shape index (κ2) is 8.53. The Morgan fingerprint density at radius 3 is 2.42 bits per heavy atom. The number of rotatable bonds is 4. The van der Waals surface area contributed by atoms with Gasteiger partial charge < -0.3 is 4.42 Å². The molecule has 2 amide bonds. The van der Waals surface area contributed by atoms with E-state index in [1.807, 2.05) is 69.3 Å². The van der Waals surface area contributed by atoms with Crippen molar-refractivity contribution in [1.82, 2.24) is 5.32 Å². The van der Waals surface area contributed by atoms with Gasteiger partial charge in [-0.15, -0.1) is 0 Å².